The molecule has 0 aliphatic carbocycles. The summed E-state index contributed by atoms with van der Waals surface area (Å²) in [5.74, 6) is 0.303. The first-order valence-electron chi connectivity index (χ1n) is 4.19. The van der Waals surface area contributed by atoms with Gasteiger partial charge in [0, 0.05) is 6.54 Å². The first-order valence-corrected chi connectivity index (χ1v) is 4.56. The third-order valence-electron chi connectivity index (χ3n) is 1.52. The minimum atomic E-state index is -0.345. The summed E-state index contributed by atoms with van der Waals surface area (Å²) >= 11 is 5.16. The van der Waals surface area contributed by atoms with Crippen molar-refractivity contribution in [2.45, 2.75) is 0 Å². The summed E-state index contributed by atoms with van der Waals surface area (Å²) in [6.07, 6.45) is 1.33. The standard InChI is InChI=1S/C10H11ClFNO/c11-13-7-6-9(12)8-14-10-4-2-1-3-5-10/h1-6,13H,7-8H2/b9-6-. The van der Waals surface area contributed by atoms with Crippen molar-refractivity contribution in [1.29, 1.82) is 0 Å². The monoisotopic (exact) mass is 215 g/mol. The number of para-hydroxylation sites is 1. The smallest absolute Gasteiger partial charge is 0.139 e. The second kappa shape index (κ2) is 6.40. The van der Waals surface area contributed by atoms with Crippen LogP contribution in [0.5, 0.6) is 5.75 Å². The van der Waals surface area contributed by atoms with Crippen LogP contribution in [-0.4, -0.2) is 13.2 Å². The van der Waals surface area contributed by atoms with Crippen LogP contribution in [0.2, 0.25) is 0 Å². The molecular weight excluding hydrogens is 205 g/mol. The summed E-state index contributed by atoms with van der Waals surface area (Å²) in [7, 11) is 0. The molecule has 0 aliphatic rings. The van der Waals surface area contributed by atoms with Gasteiger partial charge >= 0.3 is 0 Å². The topological polar surface area (TPSA) is 21.3 Å². The SMILES string of the molecule is F/C(=C\CNCl)COc1ccccc1. The van der Waals surface area contributed by atoms with E-state index in [1.807, 2.05) is 18.2 Å². The van der Waals surface area contributed by atoms with Crippen LogP contribution in [0.25, 0.3) is 0 Å². The molecule has 0 aromatic heterocycles. The Morgan fingerprint density at radius 1 is 1.43 bits per heavy atom. The van der Waals surface area contributed by atoms with Crippen LogP contribution in [0.1, 0.15) is 0 Å². The van der Waals surface area contributed by atoms with Crippen molar-refractivity contribution in [1.82, 2.24) is 4.84 Å². The van der Waals surface area contributed by atoms with Crippen LogP contribution in [0.15, 0.2) is 42.2 Å². The van der Waals surface area contributed by atoms with Crippen LogP contribution in [-0.2, 0) is 0 Å². The van der Waals surface area contributed by atoms with Gasteiger partial charge < -0.3 is 4.74 Å². The van der Waals surface area contributed by atoms with Crippen molar-refractivity contribution in [2.24, 2.45) is 0 Å². The highest BCUT2D eigenvalue weighted by molar-refractivity contribution is 6.13. The number of hydrogen-bond donors (Lipinski definition) is 1. The van der Waals surface area contributed by atoms with Crippen molar-refractivity contribution < 1.29 is 9.13 Å². The normalized spacial score (nSPS) is 11.4. The van der Waals surface area contributed by atoms with Crippen LogP contribution < -0.4 is 9.57 Å². The van der Waals surface area contributed by atoms with Crippen molar-refractivity contribution in [2.75, 3.05) is 13.2 Å². The van der Waals surface area contributed by atoms with Gasteiger partial charge in [0.15, 0.2) is 0 Å². The molecule has 0 spiro atoms. The Morgan fingerprint density at radius 3 is 2.79 bits per heavy atom. The predicted molar refractivity (Wildman–Crippen MR) is 55.0 cm³/mol. The molecule has 0 radical (unpaired) electrons. The molecule has 0 atom stereocenters. The molecule has 1 aromatic carbocycles. The number of rotatable bonds is 5. The summed E-state index contributed by atoms with van der Waals surface area (Å²) in [6, 6.07) is 9.07. The fraction of sp³-hybridized carbons (Fsp3) is 0.200. The minimum Gasteiger partial charge on any atom is -0.487 e. The summed E-state index contributed by atoms with van der Waals surface area (Å²) in [5.41, 5.74) is 0. The molecule has 0 saturated heterocycles. The number of nitrogens with one attached hydrogen (secondary N) is 1. The molecule has 1 N–H and O–H groups in total. The highest BCUT2D eigenvalue weighted by Gasteiger charge is 1.95. The van der Waals surface area contributed by atoms with E-state index in [1.165, 1.54) is 6.08 Å². The second-order valence-corrected chi connectivity index (χ2v) is 2.86. The van der Waals surface area contributed by atoms with Gasteiger partial charge in [-0.3, -0.25) is 0 Å². The molecule has 0 amide bonds. The van der Waals surface area contributed by atoms with E-state index in [1.54, 1.807) is 12.1 Å². The molecular formula is C10H11ClFNO. The Kier molecular flexibility index (Phi) is 5.04. The summed E-state index contributed by atoms with van der Waals surface area (Å²) in [5, 5.41) is 0. The molecule has 0 aliphatic heterocycles. The lowest BCUT2D eigenvalue weighted by Gasteiger charge is -2.03. The molecule has 76 valence electrons. The Labute approximate surface area is 87.4 Å². The quantitative estimate of drug-likeness (QED) is 0.763. The summed E-state index contributed by atoms with van der Waals surface area (Å²) in [6.45, 7) is 0.216. The van der Waals surface area contributed by atoms with Crippen molar-refractivity contribution in [3.63, 3.8) is 0 Å². The fourth-order valence-corrected chi connectivity index (χ4v) is 0.954. The van der Waals surface area contributed by atoms with Gasteiger partial charge in [-0.1, -0.05) is 18.2 Å². The van der Waals surface area contributed by atoms with E-state index in [0.717, 1.165) is 0 Å². The minimum absolute atomic E-state index is 0.0669. The Hall–Kier alpha value is -1.06. The van der Waals surface area contributed by atoms with Crippen LogP contribution in [0, 0.1) is 0 Å². The van der Waals surface area contributed by atoms with E-state index in [9.17, 15) is 4.39 Å². The van der Waals surface area contributed by atoms with Crippen molar-refractivity contribution >= 4 is 11.8 Å². The van der Waals surface area contributed by atoms with Gasteiger partial charge in [-0.05, 0) is 30.0 Å². The van der Waals surface area contributed by atoms with Gasteiger partial charge in [0.05, 0.1) is 0 Å². The molecule has 0 bridgehead atoms. The van der Waals surface area contributed by atoms with E-state index in [2.05, 4.69) is 4.84 Å². The molecule has 0 heterocycles. The Balaban J connectivity index is 2.34. The van der Waals surface area contributed by atoms with E-state index in [0.29, 0.717) is 5.75 Å². The maximum atomic E-state index is 12.9. The lowest BCUT2D eigenvalue weighted by molar-refractivity contribution is 0.318. The molecule has 1 rings (SSSR count). The summed E-state index contributed by atoms with van der Waals surface area (Å²) in [4.78, 5) is 2.30. The van der Waals surface area contributed by atoms with Gasteiger partial charge in [0.25, 0.3) is 0 Å². The van der Waals surface area contributed by atoms with Crippen molar-refractivity contribution in [3.8, 4) is 5.75 Å². The molecule has 0 unspecified atom stereocenters. The molecule has 2 nitrogen and oxygen atoms in total. The molecule has 0 fully saturated rings. The van der Waals surface area contributed by atoms with Gasteiger partial charge in [0.2, 0.25) is 0 Å². The number of halogens is 2. The number of ether oxygens (including phenoxy) is 1. The van der Waals surface area contributed by atoms with Crippen LogP contribution in [0.3, 0.4) is 0 Å². The number of benzene rings is 1. The van der Waals surface area contributed by atoms with Crippen molar-refractivity contribution in [3.05, 3.63) is 42.2 Å². The fourth-order valence-electron chi connectivity index (χ4n) is 0.877. The highest BCUT2D eigenvalue weighted by Crippen LogP contribution is 2.09. The molecule has 0 saturated carbocycles. The molecule has 4 heteroatoms. The zero-order valence-corrected chi connectivity index (χ0v) is 8.30. The lowest BCUT2D eigenvalue weighted by Crippen LogP contribution is -2.02. The first-order chi connectivity index (χ1) is 6.83. The van der Waals surface area contributed by atoms with E-state index >= 15 is 0 Å². The van der Waals surface area contributed by atoms with E-state index in [-0.39, 0.29) is 19.0 Å². The van der Waals surface area contributed by atoms with Gasteiger partial charge in [-0.15, -0.1) is 0 Å². The van der Waals surface area contributed by atoms with Crippen LogP contribution in [0.4, 0.5) is 4.39 Å². The van der Waals surface area contributed by atoms with E-state index < -0.39 is 0 Å². The second-order valence-electron chi connectivity index (χ2n) is 2.59. The van der Waals surface area contributed by atoms with Gasteiger partial charge in [-0.25, -0.2) is 9.23 Å². The third kappa shape index (κ3) is 4.25. The zero-order valence-electron chi connectivity index (χ0n) is 7.54. The van der Waals surface area contributed by atoms with E-state index in [4.69, 9.17) is 16.5 Å². The van der Waals surface area contributed by atoms with Gasteiger partial charge in [0.1, 0.15) is 18.2 Å². The molecule has 1 aromatic rings. The number of hydrogen-bond acceptors (Lipinski definition) is 2. The first kappa shape index (κ1) is 11.0. The average molecular weight is 216 g/mol. The predicted octanol–water partition coefficient (Wildman–Crippen LogP) is 2.66. The summed E-state index contributed by atoms with van der Waals surface area (Å²) < 4.78 is 18.1. The largest absolute Gasteiger partial charge is 0.487 e. The molecule has 14 heavy (non-hydrogen) atoms. The maximum absolute atomic E-state index is 12.9. The third-order valence-corrected chi connectivity index (χ3v) is 1.67. The lowest BCUT2D eigenvalue weighted by atomic mass is 10.3. The zero-order chi connectivity index (χ0) is 10.2. The Bertz CT molecular complexity index is 289. The maximum Gasteiger partial charge on any atom is 0.139 e. The highest BCUT2D eigenvalue weighted by atomic mass is 35.5. The Morgan fingerprint density at radius 2 is 2.14 bits per heavy atom. The average Bonchev–Trinajstić information content (AvgIpc) is 2.25. The van der Waals surface area contributed by atoms with Crippen LogP contribution >= 0.6 is 11.8 Å². The van der Waals surface area contributed by atoms with Gasteiger partial charge in [-0.2, -0.15) is 0 Å².